The molecule has 0 spiro atoms. The van der Waals surface area contributed by atoms with Gasteiger partial charge in [0.05, 0.1) is 10.4 Å². The molecule has 0 saturated carbocycles. The molecule has 20 heavy (non-hydrogen) atoms. The van der Waals surface area contributed by atoms with Gasteiger partial charge in [0.15, 0.2) is 0 Å². The molecule has 4 rings (SSSR count). The third kappa shape index (κ3) is 1.38. The fourth-order valence-electron chi connectivity index (χ4n) is 2.44. The summed E-state index contributed by atoms with van der Waals surface area (Å²) < 4.78 is 1.84. The van der Waals surface area contributed by atoms with Gasteiger partial charge in [-0.1, -0.05) is 0 Å². The average molecular weight is 264 g/mol. The molecule has 0 fully saturated rings. The van der Waals surface area contributed by atoms with Crippen LogP contribution in [0, 0.1) is 10.1 Å². The van der Waals surface area contributed by atoms with E-state index in [-0.39, 0.29) is 5.69 Å². The molecule has 0 atom stereocenters. The van der Waals surface area contributed by atoms with Crippen LogP contribution < -0.4 is 0 Å². The normalized spacial score (nSPS) is 11.4. The molecular formula is C14H8N4O2. The van der Waals surface area contributed by atoms with E-state index in [9.17, 15) is 10.1 Å². The maximum Gasteiger partial charge on any atom is 0.271 e. The Kier molecular flexibility index (Phi) is 2.03. The van der Waals surface area contributed by atoms with E-state index >= 15 is 0 Å². The van der Waals surface area contributed by atoms with Crippen LogP contribution in [0.5, 0.6) is 0 Å². The SMILES string of the molecule is O=[N+]([O-])c1ccc2cc3ncc4cccnc4n3c2c1. The summed E-state index contributed by atoms with van der Waals surface area (Å²) in [5.74, 6) is 0. The van der Waals surface area contributed by atoms with Gasteiger partial charge < -0.3 is 0 Å². The highest BCUT2D eigenvalue weighted by Crippen LogP contribution is 2.26. The number of fused-ring (bicyclic) bond motifs is 5. The van der Waals surface area contributed by atoms with Crippen molar-refractivity contribution in [3.8, 4) is 0 Å². The van der Waals surface area contributed by atoms with E-state index in [0.29, 0.717) is 0 Å². The van der Waals surface area contributed by atoms with Crippen molar-refractivity contribution in [2.24, 2.45) is 0 Å². The van der Waals surface area contributed by atoms with Crippen LogP contribution in [0.25, 0.3) is 27.6 Å². The van der Waals surface area contributed by atoms with Crippen LogP contribution in [0.1, 0.15) is 0 Å². The summed E-state index contributed by atoms with van der Waals surface area (Å²) in [4.78, 5) is 19.3. The number of hydrogen-bond donors (Lipinski definition) is 0. The van der Waals surface area contributed by atoms with E-state index < -0.39 is 4.92 Å². The summed E-state index contributed by atoms with van der Waals surface area (Å²) in [5.41, 5.74) is 2.27. The molecule has 6 nitrogen and oxygen atoms in total. The molecule has 4 aromatic rings. The number of pyridine rings is 1. The summed E-state index contributed by atoms with van der Waals surface area (Å²) in [7, 11) is 0. The third-order valence-corrected chi connectivity index (χ3v) is 3.34. The lowest BCUT2D eigenvalue weighted by atomic mass is 10.2. The van der Waals surface area contributed by atoms with Gasteiger partial charge in [-0.05, 0) is 24.3 Å². The molecular weight excluding hydrogens is 256 g/mol. The molecule has 0 bridgehead atoms. The Morgan fingerprint density at radius 1 is 1.10 bits per heavy atom. The summed E-state index contributed by atoms with van der Waals surface area (Å²) >= 11 is 0. The van der Waals surface area contributed by atoms with Gasteiger partial charge in [0.1, 0.15) is 11.3 Å². The van der Waals surface area contributed by atoms with Crippen molar-refractivity contribution in [2.75, 3.05) is 0 Å². The van der Waals surface area contributed by atoms with Gasteiger partial charge in [0.2, 0.25) is 0 Å². The predicted octanol–water partition coefficient (Wildman–Crippen LogP) is 2.94. The zero-order valence-electron chi connectivity index (χ0n) is 10.2. The van der Waals surface area contributed by atoms with Gasteiger partial charge in [-0.2, -0.15) is 0 Å². The zero-order chi connectivity index (χ0) is 13.7. The van der Waals surface area contributed by atoms with Crippen molar-refractivity contribution in [3.63, 3.8) is 0 Å². The number of aromatic nitrogens is 3. The van der Waals surface area contributed by atoms with Crippen molar-refractivity contribution in [1.82, 2.24) is 14.4 Å². The van der Waals surface area contributed by atoms with Crippen molar-refractivity contribution >= 4 is 33.3 Å². The van der Waals surface area contributed by atoms with Gasteiger partial charge in [-0.15, -0.1) is 0 Å². The van der Waals surface area contributed by atoms with Crippen LogP contribution in [0.15, 0.2) is 48.8 Å². The molecule has 0 amide bonds. The smallest absolute Gasteiger partial charge is 0.271 e. The van der Waals surface area contributed by atoms with E-state index in [1.54, 1.807) is 24.5 Å². The first-order chi connectivity index (χ1) is 9.74. The molecule has 0 aliphatic rings. The quantitative estimate of drug-likeness (QED) is 0.391. The number of nitro groups is 1. The number of non-ortho nitro benzene ring substituents is 1. The summed E-state index contributed by atoms with van der Waals surface area (Å²) in [6.07, 6.45) is 3.45. The zero-order valence-corrected chi connectivity index (χ0v) is 10.2. The van der Waals surface area contributed by atoms with Gasteiger partial charge in [-0.3, -0.25) is 14.5 Å². The van der Waals surface area contributed by atoms with Gasteiger partial charge >= 0.3 is 0 Å². The molecule has 1 aromatic carbocycles. The highest BCUT2D eigenvalue weighted by Gasteiger charge is 2.12. The van der Waals surface area contributed by atoms with Gasteiger partial charge in [-0.25, -0.2) is 9.97 Å². The molecule has 0 aliphatic carbocycles. The van der Waals surface area contributed by atoms with Crippen LogP contribution in [0.4, 0.5) is 5.69 Å². The summed E-state index contributed by atoms with van der Waals surface area (Å²) in [6.45, 7) is 0. The van der Waals surface area contributed by atoms with Crippen LogP contribution in [-0.2, 0) is 0 Å². The van der Waals surface area contributed by atoms with E-state index in [4.69, 9.17) is 0 Å². The number of rotatable bonds is 1. The lowest BCUT2D eigenvalue weighted by molar-refractivity contribution is -0.384. The molecule has 0 unspecified atom stereocenters. The van der Waals surface area contributed by atoms with Crippen molar-refractivity contribution in [3.05, 3.63) is 58.9 Å². The number of hydrogen-bond acceptors (Lipinski definition) is 4. The molecule has 96 valence electrons. The van der Waals surface area contributed by atoms with E-state index in [1.807, 2.05) is 22.6 Å². The molecule has 0 N–H and O–H groups in total. The van der Waals surface area contributed by atoms with Crippen LogP contribution in [0.3, 0.4) is 0 Å². The minimum atomic E-state index is -0.398. The second-order valence-electron chi connectivity index (χ2n) is 4.51. The Hall–Kier alpha value is -3.02. The maximum atomic E-state index is 10.9. The van der Waals surface area contributed by atoms with Crippen molar-refractivity contribution in [1.29, 1.82) is 0 Å². The third-order valence-electron chi connectivity index (χ3n) is 3.34. The monoisotopic (exact) mass is 264 g/mol. The van der Waals surface area contributed by atoms with Crippen LogP contribution >= 0.6 is 0 Å². The topological polar surface area (TPSA) is 73.3 Å². The average Bonchev–Trinajstić information content (AvgIpc) is 2.85. The number of nitrogens with zero attached hydrogens (tertiary/aromatic N) is 4. The van der Waals surface area contributed by atoms with Crippen LogP contribution in [-0.4, -0.2) is 19.3 Å². The van der Waals surface area contributed by atoms with E-state index in [0.717, 1.165) is 27.6 Å². The first-order valence-electron chi connectivity index (χ1n) is 6.03. The number of benzene rings is 1. The molecule has 0 radical (unpaired) electrons. The highest BCUT2D eigenvalue weighted by molar-refractivity contribution is 5.92. The molecule has 0 aliphatic heterocycles. The largest absolute Gasteiger partial charge is 0.278 e. The lowest BCUT2D eigenvalue weighted by Crippen LogP contribution is -1.93. The Labute approximate surface area is 112 Å². The molecule has 6 heteroatoms. The summed E-state index contributed by atoms with van der Waals surface area (Å²) in [5, 5.41) is 12.7. The molecule has 3 heterocycles. The fourth-order valence-corrected chi connectivity index (χ4v) is 2.44. The second kappa shape index (κ2) is 3.74. The first kappa shape index (κ1) is 10.9. The predicted molar refractivity (Wildman–Crippen MR) is 74.7 cm³/mol. The molecule has 3 aromatic heterocycles. The van der Waals surface area contributed by atoms with E-state index in [2.05, 4.69) is 9.97 Å². The van der Waals surface area contributed by atoms with Crippen molar-refractivity contribution < 1.29 is 4.92 Å². The summed E-state index contributed by atoms with van der Waals surface area (Å²) in [6, 6.07) is 10.4. The lowest BCUT2D eigenvalue weighted by Gasteiger charge is -2.02. The minimum absolute atomic E-state index is 0.0606. The van der Waals surface area contributed by atoms with Crippen molar-refractivity contribution in [2.45, 2.75) is 0 Å². The number of nitro benzene ring substituents is 1. The standard InChI is InChI=1S/C14H8N4O2/c19-18(20)11-4-3-9-6-13-16-8-10-2-1-5-15-14(10)17(13)12(9)7-11/h1-8H. The minimum Gasteiger partial charge on any atom is -0.278 e. The van der Waals surface area contributed by atoms with Crippen LogP contribution in [0.2, 0.25) is 0 Å². The highest BCUT2D eigenvalue weighted by atomic mass is 16.6. The Bertz CT molecular complexity index is 990. The fraction of sp³-hybridized carbons (Fsp3) is 0. The van der Waals surface area contributed by atoms with Gasteiger partial charge in [0, 0.05) is 35.3 Å². The van der Waals surface area contributed by atoms with E-state index in [1.165, 1.54) is 6.07 Å². The first-order valence-corrected chi connectivity index (χ1v) is 6.03. The molecule has 0 saturated heterocycles. The Morgan fingerprint density at radius 2 is 2.00 bits per heavy atom. The Morgan fingerprint density at radius 3 is 2.85 bits per heavy atom. The second-order valence-corrected chi connectivity index (χ2v) is 4.51. The Balaban J connectivity index is 2.25. The maximum absolute atomic E-state index is 10.9. The van der Waals surface area contributed by atoms with Gasteiger partial charge in [0.25, 0.3) is 5.69 Å².